The zero-order valence-corrected chi connectivity index (χ0v) is 18.3. The molecule has 0 unspecified atom stereocenters. The highest BCUT2D eigenvalue weighted by Crippen LogP contribution is 2.29. The molecule has 0 amide bonds. The Morgan fingerprint density at radius 2 is 2.06 bits per heavy atom. The first-order chi connectivity index (χ1) is 15.8. The molecular weight excluding hydrogens is 400 g/mol. The molecule has 4 aromatic rings. The molecule has 0 bridgehead atoms. The molecule has 0 saturated carbocycles. The normalized spacial score (nSPS) is 15.3. The van der Waals surface area contributed by atoms with Crippen molar-refractivity contribution >= 4 is 5.69 Å². The first-order valence-corrected chi connectivity index (χ1v) is 11.2. The lowest BCUT2D eigenvalue weighted by Crippen LogP contribution is -2.18. The zero-order chi connectivity index (χ0) is 21.8. The van der Waals surface area contributed by atoms with Gasteiger partial charge in [0.2, 0.25) is 0 Å². The molecule has 164 valence electrons. The fraction of sp³-hybridized carbons (Fsp3) is 0.320. The molecule has 1 aliphatic rings. The number of aryl methyl sites for hydroxylation is 1. The van der Waals surface area contributed by atoms with Crippen molar-refractivity contribution < 1.29 is 4.74 Å². The third-order valence-electron chi connectivity index (χ3n) is 6.02. The minimum Gasteiger partial charge on any atom is -0.494 e. The number of rotatable bonds is 8. The summed E-state index contributed by atoms with van der Waals surface area (Å²) in [5.74, 6) is 2.53. The lowest BCUT2D eigenvalue weighted by molar-refractivity contribution is 0.335. The van der Waals surface area contributed by atoms with Crippen LogP contribution in [0, 0.1) is 0 Å². The maximum Gasteiger partial charge on any atom is 0.132 e. The number of fused-ring (bicyclic) bond motifs is 1. The monoisotopic (exact) mass is 428 g/mol. The Hall–Kier alpha value is -3.61. The summed E-state index contributed by atoms with van der Waals surface area (Å²) in [4.78, 5) is 0. The van der Waals surface area contributed by atoms with Gasteiger partial charge in [0.05, 0.1) is 13.2 Å². The van der Waals surface area contributed by atoms with Gasteiger partial charge in [-0.05, 0) is 54.8 Å². The quantitative estimate of drug-likeness (QED) is 0.454. The average molecular weight is 429 g/mol. The van der Waals surface area contributed by atoms with Gasteiger partial charge in [-0.3, -0.25) is 4.68 Å². The van der Waals surface area contributed by atoms with Gasteiger partial charge < -0.3 is 14.6 Å². The molecule has 1 atom stereocenters. The number of benzene rings is 2. The van der Waals surface area contributed by atoms with Gasteiger partial charge in [-0.25, -0.2) is 0 Å². The van der Waals surface area contributed by atoms with E-state index in [0.29, 0.717) is 19.1 Å². The van der Waals surface area contributed by atoms with Gasteiger partial charge in [-0.1, -0.05) is 18.2 Å². The van der Waals surface area contributed by atoms with Crippen molar-refractivity contribution in [2.45, 2.75) is 45.3 Å². The Bertz CT molecular complexity index is 1150. The van der Waals surface area contributed by atoms with Gasteiger partial charge >= 0.3 is 0 Å². The molecule has 0 radical (unpaired) electrons. The van der Waals surface area contributed by atoms with Gasteiger partial charge in [0, 0.05) is 49.1 Å². The minimum atomic E-state index is 0.517. The second-order valence-corrected chi connectivity index (χ2v) is 8.19. The zero-order valence-electron chi connectivity index (χ0n) is 18.3. The van der Waals surface area contributed by atoms with E-state index in [1.54, 1.807) is 6.20 Å². The van der Waals surface area contributed by atoms with E-state index in [9.17, 15) is 0 Å². The minimum absolute atomic E-state index is 0.517. The number of hydrogen-bond donors (Lipinski definition) is 1. The smallest absolute Gasteiger partial charge is 0.132 e. The molecule has 0 spiro atoms. The Morgan fingerprint density at radius 1 is 1.16 bits per heavy atom. The molecule has 5 rings (SSSR count). The van der Waals surface area contributed by atoms with Crippen LogP contribution in [-0.4, -0.2) is 31.2 Å². The number of hydrogen-bond acceptors (Lipinski definition) is 5. The predicted octanol–water partition coefficient (Wildman–Crippen LogP) is 4.26. The van der Waals surface area contributed by atoms with Crippen molar-refractivity contribution in [1.82, 2.24) is 24.5 Å². The van der Waals surface area contributed by atoms with E-state index < -0.39 is 0 Å². The molecular formula is C25H28N6O. The predicted molar refractivity (Wildman–Crippen MR) is 124 cm³/mol. The molecule has 32 heavy (non-hydrogen) atoms. The topological polar surface area (TPSA) is 69.8 Å². The van der Waals surface area contributed by atoms with Crippen LogP contribution >= 0.6 is 0 Å². The summed E-state index contributed by atoms with van der Waals surface area (Å²) in [7, 11) is 0. The number of nitrogens with one attached hydrogen (secondary N) is 1. The Kier molecular flexibility index (Phi) is 5.87. The number of ether oxygens (including phenoxy) is 1. The molecule has 0 aliphatic carbocycles. The molecule has 2 aromatic heterocycles. The maximum atomic E-state index is 5.82. The van der Waals surface area contributed by atoms with Gasteiger partial charge in [-0.15, -0.1) is 10.2 Å². The second-order valence-electron chi connectivity index (χ2n) is 8.19. The lowest BCUT2D eigenvalue weighted by Gasteiger charge is -2.23. The number of anilines is 1. The summed E-state index contributed by atoms with van der Waals surface area (Å²) >= 11 is 0. The van der Waals surface area contributed by atoms with Gasteiger partial charge in [0.15, 0.2) is 0 Å². The summed E-state index contributed by atoms with van der Waals surface area (Å²) < 4.78 is 9.91. The van der Waals surface area contributed by atoms with Crippen LogP contribution in [0.1, 0.15) is 41.8 Å². The Balaban J connectivity index is 1.23. The Morgan fingerprint density at radius 3 is 2.88 bits per heavy atom. The standard InChI is InChI=1S/C25H28N6O/c1-2-32-24-10-4-19(14-22(24)17-31-13-3-12-28-31)15-26-23-8-5-20(6-9-23)21-7-11-25-29-27-18-30(25)16-21/h3-6,8-10,12-14,18,21,26H,2,7,11,15-17H2,1H3/t21-/m1/s1. The van der Waals surface area contributed by atoms with Crippen LogP contribution in [0.4, 0.5) is 5.69 Å². The molecule has 7 heteroatoms. The van der Waals surface area contributed by atoms with Crippen molar-refractivity contribution in [2.75, 3.05) is 11.9 Å². The van der Waals surface area contributed by atoms with Crippen molar-refractivity contribution in [3.05, 3.63) is 89.8 Å². The van der Waals surface area contributed by atoms with Crippen LogP contribution in [0.15, 0.2) is 67.3 Å². The van der Waals surface area contributed by atoms with Gasteiger partial charge in [0.25, 0.3) is 0 Å². The summed E-state index contributed by atoms with van der Waals surface area (Å²) in [6, 6.07) is 17.2. The van der Waals surface area contributed by atoms with Crippen LogP contribution < -0.4 is 10.1 Å². The molecule has 7 nitrogen and oxygen atoms in total. The molecule has 0 fully saturated rings. The highest BCUT2D eigenvalue weighted by Gasteiger charge is 2.20. The van der Waals surface area contributed by atoms with Crippen LogP contribution in [-0.2, 0) is 26.1 Å². The fourth-order valence-electron chi connectivity index (χ4n) is 4.34. The van der Waals surface area contributed by atoms with E-state index in [1.807, 2.05) is 30.2 Å². The van der Waals surface area contributed by atoms with Crippen LogP contribution in [0.3, 0.4) is 0 Å². The second kappa shape index (κ2) is 9.26. The fourth-order valence-corrected chi connectivity index (χ4v) is 4.34. The van der Waals surface area contributed by atoms with Gasteiger partial charge in [0.1, 0.15) is 17.9 Å². The number of aromatic nitrogens is 5. The lowest BCUT2D eigenvalue weighted by atomic mass is 9.91. The molecule has 1 N–H and O–H groups in total. The summed E-state index contributed by atoms with van der Waals surface area (Å²) in [5, 5.41) is 16.1. The summed E-state index contributed by atoms with van der Waals surface area (Å²) in [6.07, 6.45) is 7.72. The number of nitrogens with zero attached hydrogens (tertiary/aromatic N) is 5. The van der Waals surface area contributed by atoms with Crippen LogP contribution in [0.25, 0.3) is 0 Å². The first kappa shape index (κ1) is 20.3. The van der Waals surface area contributed by atoms with Crippen molar-refractivity contribution in [3.63, 3.8) is 0 Å². The Labute approximate surface area is 188 Å². The van der Waals surface area contributed by atoms with Crippen molar-refractivity contribution in [1.29, 1.82) is 0 Å². The van der Waals surface area contributed by atoms with E-state index in [2.05, 4.69) is 67.6 Å². The SMILES string of the molecule is CCOc1ccc(CNc2ccc([C@@H]3CCc4nncn4C3)cc2)cc1Cn1cccn1. The third kappa shape index (κ3) is 4.51. The van der Waals surface area contributed by atoms with Gasteiger partial charge in [-0.2, -0.15) is 5.10 Å². The molecule has 1 aliphatic heterocycles. The largest absolute Gasteiger partial charge is 0.494 e. The van der Waals surface area contributed by atoms with Crippen LogP contribution in [0.5, 0.6) is 5.75 Å². The third-order valence-corrected chi connectivity index (χ3v) is 6.02. The van der Waals surface area contributed by atoms with Crippen molar-refractivity contribution in [3.8, 4) is 5.75 Å². The van der Waals surface area contributed by atoms with E-state index in [4.69, 9.17) is 4.74 Å². The van der Waals surface area contributed by atoms with E-state index >= 15 is 0 Å². The highest BCUT2D eigenvalue weighted by molar-refractivity contribution is 5.47. The van der Waals surface area contributed by atoms with Crippen LogP contribution in [0.2, 0.25) is 0 Å². The molecule has 2 aromatic carbocycles. The highest BCUT2D eigenvalue weighted by atomic mass is 16.5. The maximum absolute atomic E-state index is 5.82. The van der Waals surface area contributed by atoms with E-state index in [1.165, 1.54) is 11.1 Å². The summed E-state index contributed by atoms with van der Waals surface area (Å²) in [6.45, 7) is 5.07. The summed E-state index contributed by atoms with van der Waals surface area (Å²) in [5.41, 5.74) is 4.84. The first-order valence-electron chi connectivity index (χ1n) is 11.2. The van der Waals surface area contributed by atoms with E-state index in [0.717, 1.165) is 48.8 Å². The molecule has 3 heterocycles. The molecule has 0 saturated heterocycles. The van der Waals surface area contributed by atoms with Crippen molar-refractivity contribution in [2.24, 2.45) is 0 Å². The van der Waals surface area contributed by atoms with E-state index in [-0.39, 0.29) is 0 Å². The average Bonchev–Trinajstić information content (AvgIpc) is 3.51.